The van der Waals surface area contributed by atoms with Gasteiger partial charge >= 0.3 is 6.01 Å². The summed E-state index contributed by atoms with van der Waals surface area (Å²) in [5, 5.41) is 4.31. The summed E-state index contributed by atoms with van der Waals surface area (Å²) < 4.78 is 7.35. The molecule has 0 amide bonds. The standard InChI is InChI=1S/C16H14ClN3O/c1-12-9-15(8-7-13(12)10-17)21-16-18-11-20(19-16)14-5-3-2-4-6-14/h2-9,11H,10H2,1H3. The molecule has 0 fully saturated rings. The Morgan fingerprint density at radius 2 is 1.95 bits per heavy atom. The average molecular weight is 300 g/mol. The Bertz CT molecular complexity index is 740. The molecular formula is C16H14ClN3O. The number of rotatable bonds is 4. The maximum absolute atomic E-state index is 5.85. The number of nitrogens with zero attached hydrogens (tertiary/aromatic N) is 3. The van der Waals surface area contributed by atoms with E-state index in [1.54, 1.807) is 11.0 Å². The van der Waals surface area contributed by atoms with Crippen molar-refractivity contribution < 1.29 is 4.74 Å². The van der Waals surface area contributed by atoms with Crippen LogP contribution in [-0.2, 0) is 5.88 Å². The number of para-hydroxylation sites is 1. The lowest BCUT2D eigenvalue weighted by molar-refractivity contribution is 0.441. The molecule has 3 aromatic rings. The second-order valence-corrected chi connectivity index (χ2v) is 4.90. The number of aryl methyl sites for hydroxylation is 1. The third kappa shape index (κ3) is 3.06. The Labute approximate surface area is 128 Å². The summed E-state index contributed by atoms with van der Waals surface area (Å²) in [7, 11) is 0. The normalized spacial score (nSPS) is 10.6. The molecule has 0 N–H and O–H groups in total. The van der Waals surface area contributed by atoms with Gasteiger partial charge in [0, 0.05) is 5.88 Å². The van der Waals surface area contributed by atoms with Crippen molar-refractivity contribution in [3.05, 3.63) is 66.0 Å². The van der Waals surface area contributed by atoms with Gasteiger partial charge in [-0.3, -0.25) is 0 Å². The van der Waals surface area contributed by atoms with E-state index in [4.69, 9.17) is 16.3 Å². The molecule has 0 atom stereocenters. The molecule has 5 heteroatoms. The van der Waals surface area contributed by atoms with E-state index in [0.717, 1.165) is 16.8 Å². The van der Waals surface area contributed by atoms with E-state index in [1.165, 1.54) is 0 Å². The number of hydrogen-bond donors (Lipinski definition) is 0. The van der Waals surface area contributed by atoms with Crippen LogP contribution < -0.4 is 4.74 Å². The predicted molar refractivity (Wildman–Crippen MR) is 82.2 cm³/mol. The van der Waals surface area contributed by atoms with Crippen molar-refractivity contribution in [2.24, 2.45) is 0 Å². The minimum absolute atomic E-state index is 0.317. The highest BCUT2D eigenvalue weighted by molar-refractivity contribution is 6.17. The highest BCUT2D eigenvalue weighted by Gasteiger charge is 2.06. The zero-order valence-electron chi connectivity index (χ0n) is 11.5. The number of alkyl halides is 1. The number of aromatic nitrogens is 3. The zero-order chi connectivity index (χ0) is 14.7. The Balaban J connectivity index is 1.80. The van der Waals surface area contributed by atoms with Crippen LogP contribution in [0.4, 0.5) is 0 Å². The predicted octanol–water partition coefficient (Wildman–Crippen LogP) is 4.11. The minimum Gasteiger partial charge on any atom is -0.423 e. The molecule has 1 aromatic heterocycles. The second kappa shape index (κ2) is 5.97. The van der Waals surface area contributed by atoms with Crippen LogP contribution in [0.5, 0.6) is 11.8 Å². The van der Waals surface area contributed by atoms with Gasteiger partial charge in [0.2, 0.25) is 0 Å². The summed E-state index contributed by atoms with van der Waals surface area (Å²) >= 11 is 5.85. The fourth-order valence-corrected chi connectivity index (χ4v) is 2.29. The zero-order valence-corrected chi connectivity index (χ0v) is 12.3. The van der Waals surface area contributed by atoms with E-state index in [1.807, 2.05) is 55.5 Å². The molecule has 0 aliphatic carbocycles. The molecule has 0 radical (unpaired) electrons. The molecule has 3 rings (SSSR count). The molecule has 0 spiro atoms. The van der Waals surface area contributed by atoms with Gasteiger partial charge in [-0.2, -0.15) is 4.98 Å². The summed E-state index contributed by atoms with van der Waals surface area (Å²) in [6, 6.07) is 15.8. The summed E-state index contributed by atoms with van der Waals surface area (Å²) in [6.45, 7) is 2.00. The Morgan fingerprint density at radius 1 is 1.14 bits per heavy atom. The minimum atomic E-state index is 0.317. The lowest BCUT2D eigenvalue weighted by Gasteiger charge is -2.05. The first-order valence-corrected chi connectivity index (χ1v) is 7.10. The molecule has 0 unspecified atom stereocenters. The number of ether oxygens (including phenoxy) is 1. The number of hydrogen-bond acceptors (Lipinski definition) is 3. The maximum atomic E-state index is 5.85. The molecule has 0 saturated heterocycles. The number of benzene rings is 2. The van der Waals surface area contributed by atoms with E-state index in [0.29, 0.717) is 17.6 Å². The number of halogens is 1. The molecule has 1 heterocycles. The monoisotopic (exact) mass is 299 g/mol. The topological polar surface area (TPSA) is 39.9 Å². The highest BCUT2D eigenvalue weighted by atomic mass is 35.5. The summed E-state index contributed by atoms with van der Waals surface area (Å²) in [6.07, 6.45) is 1.63. The molecule has 2 aromatic carbocycles. The first-order valence-electron chi connectivity index (χ1n) is 6.56. The maximum Gasteiger partial charge on any atom is 0.341 e. The van der Waals surface area contributed by atoms with Crippen molar-refractivity contribution in [3.8, 4) is 17.4 Å². The van der Waals surface area contributed by atoms with Gasteiger partial charge < -0.3 is 4.74 Å². The third-order valence-corrected chi connectivity index (χ3v) is 3.45. The van der Waals surface area contributed by atoms with Crippen molar-refractivity contribution in [2.45, 2.75) is 12.8 Å². The fourth-order valence-electron chi connectivity index (χ4n) is 1.99. The quantitative estimate of drug-likeness (QED) is 0.681. The molecular weight excluding hydrogens is 286 g/mol. The van der Waals surface area contributed by atoms with Gasteiger partial charge in [0.1, 0.15) is 12.1 Å². The molecule has 0 aliphatic heterocycles. The van der Waals surface area contributed by atoms with Crippen LogP contribution in [0.15, 0.2) is 54.9 Å². The van der Waals surface area contributed by atoms with Crippen LogP contribution >= 0.6 is 11.6 Å². The third-order valence-electron chi connectivity index (χ3n) is 3.16. The van der Waals surface area contributed by atoms with E-state index in [2.05, 4.69) is 10.1 Å². The van der Waals surface area contributed by atoms with Crippen LogP contribution in [0, 0.1) is 6.92 Å². The van der Waals surface area contributed by atoms with Gasteiger partial charge in [0.25, 0.3) is 0 Å². The van der Waals surface area contributed by atoms with E-state index in [-0.39, 0.29) is 0 Å². The van der Waals surface area contributed by atoms with Crippen molar-refractivity contribution in [1.29, 1.82) is 0 Å². The summed E-state index contributed by atoms with van der Waals surface area (Å²) in [4.78, 5) is 4.16. The molecule has 106 valence electrons. The molecule has 4 nitrogen and oxygen atoms in total. The SMILES string of the molecule is Cc1cc(Oc2ncn(-c3ccccc3)n2)ccc1CCl. The van der Waals surface area contributed by atoms with E-state index in [9.17, 15) is 0 Å². The lowest BCUT2D eigenvalue weighted by atomic mass is 10.1. The first kappa shape index (κ1) is 13.6. The van der Waals surface area contributed by atoms with Gasteiger partial charge in [-0.05, 0) is 42.3 Å². The first-order chi connectivity index (χ1) is 10.3. The molecule has 0 saturated carbocycles. The van der Waals surface area contributed by atoms with Crippen LogP contribution in [0.3, 0.4) is 0 Å². The Kier molecular flexibility index (Phi) is 3.88. The highest BCUT2D eigenvalue weighted by Crippen LogP contribution is 2.22. The van der Waals surface area contributed by atoms with Gasteiger partial charge in [-0.25, -0.2) is 4.68 Å². The smallest absolute Gasteiger partial charge is 0.341 e. The molecule has 0 aliphatic rings. The van der Waals surface area contributed by atoms with Crippen molar-refractivity contribution in [1.82, 2.24) is 14.8 Å². The second-order valence-electron chi connectivity index (χ2n) is 4.63. The molecule has 0 bridgehead atoms. The van der Waals surface area contributed by atoms with Gasteiger partial charge in [0.15, 0.2) is 0 Å². The van der Waals surface area contributed by atoms with Gasteiger partial charge in [0.05, 0.1) is 5.69 Å². The van der Waals surface area contributed by atoms with Crippen LogP contribution in [0.2, 0.25) is 0 Å². The van der Waals surface area contributed by atoms with Gasteiger partial charge in [-0.15, -0.1) is 16.7 Å². The van der Waals surface area contributed by atoms with E-state index < -0.39 is 0 Å². The largest absolute Gasteiger partial charge is 0.423 e. The van der Waals surface area contributed by atoms with E-state index >= 15 is 0 Å². The van der Waals surface area contributed by atoms with Crippen molar-refractivity contribution in [3.63, 3.8) is 0 Å². The van der Waals surface area contributed by atoms with Crippen molar-refractivity contribution in [2.75, 3.05) is 0 Å². The van der Waals surface area contributed by atoms with Crippen LogP contribution in [0.25, 0.3) is 5.69 Å². The average Bonchev–Trinajstić information content (AvgIpc) is 2.97. The van der Waals surface area contributed by atoms with Crippen LogP contribution in [0.1, 0.15) is 11.1 Å². The van der Waals surface area contributed by atoms with Gasteiger partial charge in [-0.1, -0.05) is 24.3 Å². The summed E-state index contributed by atoms with van der Waals surface area (Å²) in [5.74, 6) is 1.19. The molecule has 21 heavy (non-hydrogen) atoms. The Hall–Kier alpha value is -2.33. The summed E-state index contributed by atoms with van der Waals surface area (Å²) in [5.41, 5.74) is 3.12. The van der Waals surface area contributed by atoms with Crippen molar-refractivity contribution >= 4 is 11.6 Å². The fraction of sp³-hybridized carbons (Fsp3) is 0.125. The lowest BCUT2D eigenvalue weighted by Crippen LogP contribution is -1.95. The Morgan fingerprint density at radius 3 is 2.67 bits per heavy atom. The van der Waals surface area contributed by atoms with Crippen LogP contribution in [-0.4, -0.2) is 14.8 Å².